The molecule has 0 aliphatic heterocycles. The first-order valence-corrected chi connectivity index (χ1v) is 11.3. The molecule has 0 aromatic heterocycles. The molecule has 2 aliphatic carbocycles. The van der Waals surface area contributed by atoms with Gasteiger partial charge in [0.25, 0.3) is 0 Å². The van der Waals surface area contributed by atoms with E-state index in [0.717, 1.165) is 0 Å². The number of allylic oxidation sites excluding steroid dienone is 8. The van der Waals surface area contributed by atoms with Crippen molar-refractivity contribution in [1.29, 1.82) is 0 Å². The van der Waals surface area contributed by atoms with Crippen LogP contribution in [0.2, 0.25) is 0 Å². The van der Waals surface area contributed by atoms with Crippen molar-refractivity contribution in [3.63, 3.8) is 0 Å². The Bertz CT molecular complexity index is 374. The standard InChI is InChI=1S/2C6H7.CH2.2ClH.Hf/c2*1-6-4-2-3-5-6;;;;/h2*2,4H,3H2,1H3;1H2;2*1H;. The van der Waals surface area contributed by atoms with Crippen molar-refractivity contribution in [2.24, 2.45) is 0 Å². The molecule has 0 N–H and O–H groups in total. The van der Waals surface area contributed by atoms with E-state index in [1.54, 1.807) is 6.66 Å². The molecule has 0 aromatic rings. The molecule has 88 valence electrons. The van der Waals surface area contributed by atoms with Gasteiger partial charge in [-0.1, -0.05) is 0 Å². The Hall–Kier alpha value is 0.280. The van der Waals surface area contributed by atoms with Crippen molar-refractivity contribution < 1.29 is 21.0 Å². The molecule has 0 bridgehead atoms. The van der Waals surface area contributed by atoms with Crippen LogP contribution >= 0.6 is 24.8 Å². The number of hydrogen-bond acceptors (Lipinski definition) is 0. The van der Waals surface area contributed by atoms with Crippen LogP contribution in [0.4, 0.5) is 0 Å². The van der Waals surface area contributed by atoms with Crippen LogP contribution < -0.4 is 0 Å². The molecule has 2 aliphatic rings. The monoisotopic (exact) mass is 424 g/mol. The first-order valence-electron chi connectivity index (χ1n) is 5.12. The predicted octanol–water partition coefficient (Wildman–Crippen LogP) is 4.35. The van der Waals surface area contributed by atoms with Crippen LogP contribution in [0.3, 0.4) is 0 Å². The molecule has 0 heterocycles. The fourth-order valence-electron chi connectivity index (χ4n) is 2.13. The maximum absolute atomic E-state index is 4.52. The molecule has 0 saturated heterocycles. The Balaban J connectivity index is 0.00000112. The van der Waals surface area contributed by atoms with Gasteiger partial charge in [-0.3, -0.25) is 0 Å². The van der Waals surface area contributed by atoms with Crippen molar-refractivity contribution in [2.75, 3.05) is 0 Å². The Labute approximate surface area is 118 Å². The number of hydrogen-bond donors (Lipinski definition) is 0. The van der Waals surface area contributed by atoms with Crippen LogP contribution in [0.15, 0.2) is 42.1 Å². The zero-order valence-corrected chi connectivity index (χ0v) is 15.0. The van der Waals surface area contributed by atoms with Crippen molar-refractivity contribution in [1.82, 2.24) is 0 Å². The van der Waals surface area contributed by atoms with E-state index in [0.29, 0.717) is 0 Å². The van der Waals surface area contributed by atoms with Gasteiger partial charge in [0.1, 0.15) is 0 Å². The van der Waals surface area contributed by atoms with Gasteiger partial charge < -0.3 is 0 Å². The average molecular weight is 424 g/mol. The van der Waals surface area contributed by atoms with Crippen molar-refractivity contribution in [3.05, 3.63) is 42.1 Å². The van der Waals surface area contributed by atoms with Crippen LogP contribution in [-0.4, -0.2) is 4.26 Å². The van der Waals surface area contributed by atoms with Crippen LogP contribution in [0.1, 0.15) is 26.7 Å². The fourth-order valence-corrected chi connectivity index (χ4v) is 10.1. The first-order chi connectivity index (χ1) is 6.70. The van der Waals surface area contributed by atoms with E-state index in [1.165, 1.54) is 24.0 Å². The van der Waals surface area contributed by atoms with E-state index < -0.39 is 21.0 Å². The molecule has 0 spiro atoms. The molecule has 16 heavy (non-hydrogen) atoms. The molecule has 3 heteroatoms. The molecule has 0 fully saturated rings. The van der Waals surface area contributed by atoms with E-state index in [-0.39, 0.29) is 24.8 Å². The topological polar surface area (TPSA) is 0 Å². The summed E-state index contributed by atoms with van der Waals surface area (Å²) in [4.78, 5) is 0. The first kappa shape index (κ1) is 16.3. The predicted molar refractivity (Wildman–Crippen MR) is 74.5 cm³/mol. The maximum atomic E-state index is 4.52. The minimum absolute atomic E-state index is 0. The van der Waals surface area contributed by atoms with E-state index in [2.05, 4.69) is 42.4 Å². The van der Waals surface area contributed by atoms with E-state index in [4.69, 9.17) is 0 Å². The molecule has 0 atom stereocenters. The fraction of sp³-hybridized carbons (Fsp3) is 0.308. The third-order valence-electron chi connectivity index (χ3n) is 3.06. The third-order valence-corrected chi connectivity index (χ3v) is 12.6. The Morgan fingerprint density at radius 3 is 1.56 bits per heavy atom. The third kappa shape index (κ3) is 3.15. The van der Waals surface area contributed by atoms with Gasteiger partial charge in [0.05, 0.1) is 0 Å². The summed E-state index contributed by atoms with van der Waals surface area (Å²) in [5.41, 5.74) is 3.02. The number of halogens is 2. The molecule has 0 nitrogen and oxygen atoms in total. The molecule has 0 radical (unpaired) electrons. The summed E-state index contributed by atoms with van der Waals surface area (Å²) in [6.45, 7) is 4.49. The number of rotatable bonds is 2. The van der Waals surface area contributed by atoms with Gasteiger partial charge in [-0.2, -0.15) is 0 Å². The van der Waals surface area contributed by atoms with Crippen molar-refractivity contribution in [3.8, 4) is 0 Å². The van der Waals surface area contributed by atoms with Gasteiger partial charge in [-0.15, -0.1) is 24.8 Å². The van der Waals surface area contributed by atoms with Crippen LogP contribution in [0.5, 0.6) is 0 Å². The van der Waals surface area contributed by atoms with Crippen molar-refractivity contribution in [2.45, 2.75) is 26.7 Å². The summed E-state index contributed by atoms with van der Waals surface area (Å²) in [6, 6.07) is 0. The van der Waals surface area contributed by atoms with Gasteiger partial charge in [-0.05, 0) is 0 Å². The van der Waals surface area contributed by atoms with Crippen LogP contribution in [-0.2, 0) is 21.0 Å². The molecule has 0 unspecified atom stereocenters. The summed E-state index contributed by atoms with van der Waals surface area (Å²) in [5, 5.41) is 0. The zero-order chi connectivity index (χ0) is 10.1. The second-order valence-electron chi connectivity index (χ2n) is 4.01. The second-order valence-corrected chi connectivity index (χ2v) is 11.8. The van der Waals surface area contributed by atoms with Gasteiger partial charge in [0, 0.05) is 0 Å². The van der Waals surface area contributed by atoms with E-state index >= 15 is 0 Å². The minimum atomic E-state index is -1.80. The van der Waals surface area contributed by atoms with Gasteiger partial charge >= 0.3 is 94.0 Å². The molecule has 0 saturated carbocycles. The Kier molecular flexibility index (Phi) is 7.00. The van der Waals surface area contributed by atoms with Gasteiger partial charge in [0.2, 0.25) is 0 Å². The van der Waals surface area contributed by atoms with Gasteiger partial charge in [-0.25, -0.2) is 0 Å². The van der Waals surface area contributed by atoms with E-state index in [9.17, 15) is 0 Å². The summed E-state index contributed by atoms with van der Waals surface area (Å²) in [7, 11) is 0. The Morgan fingerprint density at radius 2 is 1.31 bits per heavy atom. The SMILES string of the molecule is Cl.Cl.[CH2]=[Hf]([C]1=C(C)C=CC1)[C]1=C(C)C=CC1. The molecule has 2 rings (SSSR count). The Morgan fingerprint density at radius 1 is 0.938 bits per heavy atom. The molecular formula is C13H18Cl2Hf. The molecule has 0 aromatic carbocycles. The zero-order valence-electron chi connectivity index (χ0n) is 9.75. The van der Waals surface area contributed by atoms with E-state index in [1.807, 2.05) is 0 Å². The van der Waals surface area contributed by atoms with Crippen molar-refractivity contribution >= 4 is 29.1 Å². The summed E-state index contributed by atoms with van der Waals surface area (Å²) < 4.78 is 7.95. The van der Waals surface area contributed by atoms with Gasteiger partial charge in [0.15, 0.2) is 0 Å². The normalized spacial score (nSPS) is 17.6. The second kappa shape index (κ2) is 6.88. The summed E-state index contributed by atoms with van der Waals surface area (Å²) >= 11 is -1.80. The van der Waals surface area contributed by atoms with Crippen LogP contribution in [0.25, 0.3) is 0 Å². The molecular weight excluding hydrogens is 406 g/mol. The average Bonchev–Trinajstić information content (AvgIpc) is 2.73. The molecule has 0 amide bonds. The summed E-state index contributed by atoms with van der Waals surface area (Å²) in [5.74, 6) is 0. The summed E-state index contributed by atoms with van der Waals surface area (Å²) in [6.07, 6.45) is 11.5. The van der Waals surface area contributed by atoms with Crippen LogP contribution in [0, 0.1) is 0 Å². The quantitative estimate of drug-likeness (QED) is 0.579.